The molecule has 100 valence electrons. The van der Waals surface area contributed by atoms with Gasteiger partial charge in [0, 0.05) is 20.1 Å². The summed E-state index contributed by atoms with van der Waals surface area (Å²) in [5.74, 6) is -0.664. The zero-order chi connectivity index (χ0) is 27.4. The van der Waals surface area contributed by atoms with E-state index in [1.165, 1.54) is 17.4 Å². The van der Waals surface area contributed by atoms with Crippen LogP contribution in [0.1, 0.15) is 45.5 Å². The van der Waals surface area contributed by atoms with Gasteiger partial charge < -0.3 is 10.1 Å². The molecule has 19 heavy (non-hydrogen) atoms. The van der Waals surface area contributed by atoms with Crippen LogP contribution in [0.15, 0.2) is 54.5 Å². The van der Waals surface area contributed by atoms with Crippen LogP contribution in [0.3, 0.4) is 0 Å². The van der Waals surface area contributed by atoms with E-state index in [9.17, 15) is 0 Å². The van der Waals surface area contributed by atoms with E-state index in [1.54, 1.807) is 0 Å². The smallest absolute Gasteiger partial charge is 0.125 e. The van der Waals surface area contributed by atoms with Crippen molar-refractivity contribution in [3.8, 4) is 5.75 Å². The maximum absolute atomic E-state index is 8.90. The number of hydrogen-bond acceptors (Lipinski definition) is 2. The third-order valence-electron chi connectivity index (χ3n) is 2.06. The Bertz CT molecular complexity index is 1080. The fourth-order valence-electron chi connectivity index (χ4n) is 1.26. The van der Waals surface area contributed by atoms with Crippen LogP contribution in [0.4, 0.5) is 0 Å². The summed E-state index contributed by atoms with van der Waals surface area (Å²) in [4.78, 5) is 0. The lowest BCUT2D eigenvalue weighted by Crippen LogP contribution is -2.16. The number of aryl methyl sites for hydroxylation is 1. The number of benzene rings is 2. The third-order valence-corrected chi connectivity index (χ3v) is 2.06. The molecule has 1 N–H and O–H groups in total. The molecule has 2 aromatic carbocycles. The molecule has 0 aliphatic heterocycles. The summed E-state index contributed by atoms with van der Waals surface area (Å²) >= 11 is 0. The minimum Gasteiger partial charge on any atom is -0.485 e. The van der Waals surface area contributed by atoms with Crippen molar-refractivity contribution in [2.45, 2.75) is 19.3 Å². The van der Waals surface area contributed by atoms with Crippen LogP contribution in [-0.2, 0) is 0 Å². The maximum Gasteiger partial charge on any atom is 0.125 e. The van der Waals surface area contributed by atoms with Crippen LogP contribution < -0.4 is 10.1 Å². The molecule has 0 saturated heterocycles. The van der Waals surface area contributed by atoms with Gasteiger partial charge in [-0.05, 0) is 37.5 Å². The standard InChI is InChI=1S/C17H21NO/c1-14-8-6-7-11-16(14)19-17(12-13-18-2)15-9-4-3-5-10-15/h3-11,17-18H,12-13H2,1-2H3/i1D3,2D3,3D,4D,5D,9D,10D,12D2,13D2,17D. The highest BCUT2D eigenvalue weighted by Crippen LogP contribution is 2.26. The first-order chi connectivity index (χ1) is 15.6. The van der Waals surface area contributed by atoms with Gasteiger partial charge in [-0.25, -0.2) is 0 Å². The summed E-state index contributed by atoms with van der Waals surface area (Å²) in [6, 6.07) is -0.475. The number of nitrogens with one attached hydrogen (secondary N) is 1. The van der Waals surface area contributed by atoms with Gasteiger partial charge >= 0.3 is 0 Å². The van der Waals surface area contributed by atoms with Gasteiger partial charge in [0.1, 0.15) is 11.8 Å². The van der Waals surface area contributed by atoms with E-state index in [4.69, 9.17) is 26.7 Å². The summed E-state index contributed by atoms with van der Waals surface area (Å²) < 4.78 is 132. The monoisotopic (exact) mass is 271 g/mol. The van der Waals surface area contributed by atoms with Crippen LogP contribution in [0.25, 0.3) is 0 Å². The average Bonchev–Trinajstić information content (AvgIpc) is 2.68. The Labute approximate surface area is 137 Å². The molecule has 1 atom stereocenters. The van der Waals surface area contributed by atoms with Crippen LogP contribution in [0.2, 0.25) is 0 Å². The molecule has 0 bridgehead atoms. The van der Waals surface area contributed by atoms with E-state index in [-0.39, 0.29) is 0 Å². The largest absolute Gasteiger partial charge is 0.485 e. The second-order valence-corrected chi connectivity index (χ2v) is 3.30. The Hall–Kier alpha value is -1.80. The van der Waals surface area contributed by atoms with Crippen LogP contribution in [-0.4, -0.2) is 13.5 Å². The number of hydrogen-bond donors (Lipinski definition) is 1. The first-order valence-corrected chi connectivity index (χ1v) is 5.24. The minimum absolute atomic E-state index is 0.538. The van der Waals surface area contributed by atoms with Crippen LogP contribution >= 0.6 is 0 Å². The van der Waals surface area contributed by atoms with E-state index >= 15 is 0 Å². The van der Waals surface area contributed by atoms with Crippen molar-refractivity contribution in [1.29, 1.82) is 0 Å². The van der Waals surface area contributed by atoms with Crippen LogP contribution in [0.5, 0.6) is 5.75 Å². The lowest BCUT2D eigenvalue weighted by molar-refractivity contribution is 0.193. The van der Waals surface area contributed by atoms with E-state index in [0.717, 1.165) is 12.1 Å². The van der Waals surface area contributed by atoms with Gasteiger partial charge in [-0.2, -0.15) is 0 Å². The van der Waals surface area contributed by atoms with Crippen molar-refractivity contribution in [2.75, 3.05) is 13.5 Å². The zero-order valence-electron chi connectivity index (χ0n) is 25.7. The highest BCUT2D eigenvalue weighted by atomic mass is 16.5. The average molecular weight is 271 g/mol. The Morgan fingerprint density at radius 2 is 2.21 bits per heavy atom. The van der Waals surface area contributed by atoms with Gasteiger partial charge in [-0.15, -0.1) is 0 Å². The second-order valence-electron chi connectivity index (χ2n) is 3.30. The molecule has 0 radical (unpaired) electrons. The van der Waals surface area contributed by atoms with Crippen molar-refractivity contribution < 1.29 is 26.7 Å². The quantitative estimate of drug-likeness (QED) is 0.864. The molecule has 0 saturated carbocycles. The highest BCUT2D eigenvalue weighted by Gasteiger charge is 2.13. The fourth-order valence-corrected chi connectivity index (χ4v) is 1.26. The predicted molar refractivity (Wildman–Crippen MR) is 79.5 cm³/mol. The molecule has 2 heteroatoms. The summed E-state index contributed by atoms with van der Waals surface area (Å²) in [5, 5.41) is 1.42. The van der Waals surface area contributed by atoms with Crippen molar-refractivity contribution in [2.24, 2.45) is 0 Å². The third kappa shape index (κ3) is 3.83. The first-order valence-electron chi connectivity index (χ1n) is 13.2. The number of rotatable bonds is 6. The summed E-state index contributed by atoms with van der Waals surface area (Å²) in [7, 11) is 0. The van der Waals surface area contributed by atoms with Gasteiger partial charge in [-0.1, -0.05) is 48.4 Å². The lowest BCUT2D eigenvalue weighted by atomic mass is 10.1. The topological polar surface area (TPSA) is 21.3 Å². The number of para-hydroxylation sites is 1. The van der Waals surface area contributed by atoms with Crippen LogP contribution in [0, 0.1) is 6.85 Å². The minimum atomic E-state index is -3.80. The second kappa shape index (κ2) is 6.95. The van der Waals surface area contributed by atoms with E-state index in [1.807, 2.05) is 0 Å². The molecule has 2 rings (SSSR count). The summed E-state index contributed by atoms with van der Waals surface area (Å²) in [6.45, 7) is -9.76. The molecule has 0 aliphatic rings. The number of ether oxygens (including phenoxy) is 1. The van der Waals surface area contributed by atoms with E-state index < -0.39 is 79.9 Å². The molecule has 2 nitrogen and oxygen atoms in total. The Kier molecular flexibility index (Phi) is 1.41. The molecule has 2 aromatic rings. The van der Waals surface area contributed by atoms with Gasteiger partial charge in [0.25, 0.3) is 0 Å². The molecular weight excluding hydrogens is 234 g/mol. The summed E-state index contributed by atoms with van der Waals surface area (Å²) in [5.41, 5.74) is -1.70. The molecule has 1 unspecified atom stereocenters. The zero-order valence-corrected chi connectivity index (χ0v) is 9.72. The van der Waals surface area contributed by atoms with Gasteiger partial charge in [0.05, 0.1) is 8.22 Å². The molecule has 0 aromatic heterocycles. The normalized spacial score (nSPS) is 28.8. The van der Waals surface area contributed by atoms with Crippen molar-refractivity contribution >= 4 is 0 Å². The fraction of sp³-hybridized carbons (Fsp3) is 0.294. The van der Waals surface area contributed by atoms with E-state index in [0.29, 0.717) is 0 Å². The molecule has 0 heterocycles. The predicted octanol–water partition coefficient (Wildman–Crippen LogP) is 3.72. The Morgan fingerprint density at radius 1 is 1.37 bits per heavy atom. The van der Waals surface area contributed by atoms with Gasteiger partial charge in [-0.3, -0.25) is 0 Å². The lowest BCUT2D eigenvalue weighted by Gasteiger charge is -2.20. The Balaban J connectivity index is 2.98. The maximum atomic E-state index is 8.90. The van der Waals surface area contributed by atoms with E-state index in [2.05, 4.69) is 0 Å². The SMILES string of the molecule is [2H]c1c([2H])c([2H])c(C([2H])(Oc2ccccc2C([2H])([2H])[2H])C([2H])([2H])C([2H])([2H])NC([2H])([2H])[2H])c([2H])c1[2H]. The van der Waals surface area contributed by atoms with Crippen molar-refractivity contribution in [1.82, 2.24) is 5.32 Å². The van der Waals surface area contributed by atoms with Crippen molar-refractivity contribution in [3.05, 3.63) is 65.6 Å². The molecule has 0 aliphatic carbocycles. The summed E-state index contributed by atoms with van der Waals surface area (Å²) in [6.07, 6.45) is -7.39. The van der Waals surface area contributed by atoms with Gasteiger partial charge in [0.15, 0.2) is 0 Å². The first kappa shape index (κ1) is 3.86. The molecule has 0 amide bonds. The Morgan fingerprint density at radius 3 is 3.00 bits per heavy atom. The molecule has 0 fully saturated rings. The van der Waals surface area contributed by atoms with Gasteiger partial charge in [0.2, 0.25) is 0 Å². The molecule has 0 spiro atoms. The highest BCUT2D eigenvalue weighted by molar-refractivity contribution is 5.33. The molecular formula is C17H21NO. The van der Waals surface area contributed by atoms with Crippen molar-refractivity contribution in [3.63, 3.8) is 0 Å².